The van der Waals surface area contributed by atoms with Crippen molar-refractivity contribution < 1.29 is 4.39 Å². The summed E-state index contributed by atoms with van der Waals surface area (Å²) in [7, 11) is 1.85. The van der Waals surface area contributed by atoms with E-state index in [4.69, 9.17) is 5.73 Å². The van der Waals surface area contributed by atoms with Gasteiger partial charge in [0.2, 0.25) is 0 Å². The first-order valence-corrected chi connectivity index (χ1v) is 7.72. The number of hydrogen-bond acceptors (Lipinski definition) is 2. The van der Waals surface area contributed by atoms with E-state index >= 15 is 0 Å². The van der Waals surface area contributed by atoms with Gasteiger partial charge in [0.1, 0.15) is 11.6 Å². The molecule has 1 heterocycles. The summed E-state index contributed by atoms with van der Waals surface area (Å²) in [6.07, 6.45) is 7.43. The zero-order valence-corrected chi connectivity index (χ0v) is 12.5. The van der Waals surface area contributed by atoms with Crippen LogP contribution in [0.3, 0.4) is 0 Å². The molecule has 1 saturated carbocycles. The van der Waals surface area contributed by atoms with E-state index in [0.717, 1.165) is 23.2 Å². The lowest BCUT2D eigenvalue weighted by Gasteiger charge is -2.21. The van der Waals surface area contributed by atoms with E-state index in [2.05, 4.69) is 5.10 Å². The molecule has 21 heavy (non-hydrogen) atoms. The zero-order valence-electron chi connectivity index (χ0n) is 12.5. The van der Waals surface area contributed by atoms with Crippen molar-refractivity contribution >= 4 is 5.82 Å². The summed E-state index contributed by atoms with van der Waals surface area (Å²) in [4.78, 5) is 0. The van der Waals surface area contributed by atoms with Gasteiger partial charge >= 0.3 is 0 Å². The average molecular weight is 287 g/mol. The van der Waals surface area contributed by atoms with Gasteiger partial charge in [-0.05, 0) is 30.0 Å². The highest BCUT2D eigenvalue weighted by molar-refractivity contribution is 5.76. The van der Waals surface area contributed by atoms with Crippen molar-refractivity contribution in [2.75, 3.05) is 5.73 Å². The SMILES string of the molecule is Cn1nc(CC2CCCCC2)c(-c2cccc(F)c2)c1N. The lowest BCUT2D eigenvalue weighted by Crippen LogP contribution is -2.10. The van der Waals surface area contributed by atoms with Crippen LogP contribution in [0.2, 0.25) is 0 Å². The van der Waals surface area contributed by atoms with Crippen molar-refractivity contribution in [3.05, 3.63) is 35.8 Å². The van der Waals surface area contributed by atoms with E-state index in [1.165, 1.54) is 44.2 Å². The van der Waals surface area contributed by atoms with Crippen LogP contribution in [0.5, 0.6) is 0 Å². The Hall–Kier alpha value is -1.84. The van der Waals surface area contributed by atoms with Crippen LogP contribution in [-0.4, -0.2) is 9.78 Å². The Morgan fingerprint density at radius 1 is 1.29 bits per heavy atom. The summed E-state index contributed by atoms with van der Waals surface area (Å²) in [5, 5.41) is 4.58. The van der Waals surface area contributed by atoms with Gasteiger partial charge in [0.05, 0.1) is 5.69 Å². The Bertz CT molecular complexity index is 627. The first kappa shape index (κ1) is 14.1. The van der Waals surface area contributed by atoms with E-state index in [9.17, 15) is 4.39 Å². The van der Waals surface area contributed by atoms with Crippen LogP contribution in [0.1, 0.15) is 37.8 Å². The van der Waals surface area contributed by atoms with Gasteiger partial charge in [0.25, 0.3) is 0 Å². The average Bonchev–Trinajstić information content (AvgIpc) is 2.75. The first-order valence-electron chi connectivity index (χ1n) is 7.72. The fourth-order valence-corrected chi connectivity index (χ4v) is 3.36. The molecule has 3 nitrogen and oxygen atoms in total. The van der Waals surface area contributed by atoms with Crippen LogP contribution in [-0.2, 0) is 13.5 Å². The fraction of sp³-hybridized carbons (Fsp3) is 0.471. The molecule has 0 spiro atoms. The number of anilines is 1. The summed E-state index contributed by atoms with van der Waals surface area (Å²) < 4.78 is 15.2. The van der Waals surface area contributed by atoms with Crippen LogP contribution < -0.4 is 5.73 Å². The summed E-state index contributed by atoms with van der Waals surface area (Å²) in [5.41, 5.74) is 8.91. The van der Waals surface area contributed by atoms with E-state index in [1.54, 1.807) is 10.7 Å². The molecule has 3 rings (SSSR count). The number of nitrogens with zero attached hydrogens (tertiary/aromatic N) is 2. The third-order valence-electron chi connectivity index (χ3n) is 4.48. The lowest BCUT2D eigenvalue weighted by molar-refractivity contribution is 0.354. The molecule has 4 heteroatoms. The number of nitrogens with two attached hydrogens (primary N) is 1. The molecule has 0 atom stereocenters. The molecule has 1 aromatic heterocycles. The number of halogens is 1. The minimum atomic E-state index is -0.237. The van der Waals surface area contributed by atoms with Gasteiger partial charge in [0.15, 0.2) is 0 Å². The third-order valence-corrected chi connectivity index (χ3v) is 4.48. The Morgan fingerprint density at radius 2 is 2.05 bits per heavy atom. The van der Waals surface area contributed by atoms with E-state index in [-0.39, 0.29) is 5.82 Å². The molecule has 0 bridgehead atoms. The molecule has 0 unspecified atom stereocenters. The molecule has 0 radical (unpaired) electrons. The molecule has 112 valence electrons. The Balaban J connectivity index is 1.95. The van der Waals surface area contributed by atoms with Crippen molar-refractivity contribution in [2.24, 2.45) is 13.0 Å². The van der Waals surface area contributed by atoms with E-state index < -0.39 is 0 Å². The lowest BCUT2D eigenvalue weighted by atomic mass is 9.85. The molecular formula is C17H22FN3. The van der Waals surface area contributed by atoms with Crippen LogP contribution in [0, 0.1) is 11.7 Å². The first-order chi connectivity index (χ1) is 10.1. The molecule has 1 aromatic carbocycles. The van der Waals surface area contributed by atoms with Gasteiger partial charge in [-0.1, -0.05) is 44.2 Å². The van der Waals surface area contributed by atoms with Gasteiger partial charge in [-0.15, -0.1) is 0 Å². The maximum absolute atomic E-state index is 13.5. The second-order valence-corrected chi connectivity index (χ2v) is 6.05. The van der Waals surface area contributed by atoms with Crippen LogP contribution in [0.15, 0.2) is 24.3 Å². The maximum atomic E-state index is 13.5. The van der Waals surface area contributed by atoms with Crippen LogP contribution in [0.25, 0.3) is 11.1 Å². The molecule has 2 N–H and O–H groups in total. The second-order valence-electron chi connectivity index (χ2n) is 6.05. The smallest absolute Gasteiger partial charge is 0.129 e. The minimum absolute atomic E-state index is 0.237. The number of benzene rings is 1. The van der Waals surface area contributed by atoms with Gasteiger partial charge < -0.3 is 5.73 Å². The fourth-order valence-electron chi connectivity index (χ4n) is 3.36. The summed E-state index contributed by atoms with van der Waals surface area (Å²) >= 11 is 0. The Morgan fingerprint density at radius 3 is 2.76 bits per heavy atom. The summed E-state index contributed by atoms with van der Waals surface area (Å²) in [6.45, 7) is 0. The van der Waals surface area contributed by atoms with Crippen molar-refractivity contribution in [2.45, 2.75) is 38.5 Å². The molecule has 0 saturated heterocycles. The number of nitrogen functional groups attached to an aromatic ring is 1. The highest BCUT2D eigenvalue weighted by atomic mass is 19.1. The van der Waals surface area contributed by atoms with Crippen molar-refractivity contribution in [3.8, 4) is 11.1 Å². The van der Waals surface area contributed by atoms with Crippen LogP contribution in [0.4, 0.5) is 10.2 Å². The number of hydrogen-bond donors (Lipinski definition) is 1. The highest BCUT2D eigenvalue weighted by Gasteiger charge is 2.21. The van der Waals surface area contributed by atoms with E-state index in [1.807, 2.05) is 13.1 Å². The normalized spacial score (nSPS) is 16.3. The quantitative estimate of drug-likeness (QED) is 0.929. The number of aryl methyl sites for hydroxylation is 1. The van der Waals surface area contributed by atoms with Gasteiger partial charge in [0, 0.05) is 12.6 Å². The number of rotatable bonds is 3. The van der Waals surface area contributed by atoms with Gasteiger partial charge in [-0.3, -0.25) is 4.68 Å². The van der Waals surface area contributed by atoms with Crippen molar-refractivity contribution in [1.82, 2.24) is 9.78 Å². The largest absolute Gasteiger partial charge is 0.383 e. The monoisotopic (exact) mass is 287 g/mol. The molecule has 2 aromatic rings. The van der Waals surface area contributed by atoms with Crippen LogP contribution >= 0.6 is 0 Å². The van der Waals surface area contributed by atoms with Gasteiger partial charge in [-0.25, -0.2) is 4.39 Å². The Labute approximate surface area is 125 Å². The van der Waals surface area contributed by atoms with Crippen molar-refractivity contribution in [1.29, 1.82) is 0 Å². The molecule has 1 aliphatic carbocycles. The standard InChI is InChI=1S/C17H22FN3/c1-21-17(19)16(13-8-5-9-14(18)11-13)15(20-21)10-12-6-3-2-4-7-12/h5,8-9,11-12H,2-4,6-7,10,19H2,1H3. The predicted molar refractivity (Wildman–Crippen MR) is 83.3 cm³/mol. The number of aromatic nitrogens is 2. The summed E-state index contributed by atoms with van der Waals surface area (Å²) in [6, 6.07) is 6.62. The van der Waals surface area contributed by atoms with Gasteiger partial charge in [-0.2, -0.15) is 5.10 Å². The molecule has 1 fully saturated rings. The van der Waals surface area contributed by atoms with Crippen molar-refractivity contribution in [3.63, 3.8) is 0 Å². The molecular weight excluding hydrogens is 265 g/mol. The topological polar surface area (TPSA) is 43.8 Å². The molecule has 0 aliphatic heterocycles. The maximum Gasteiger partial charge on any atom is 0.129 e. The van der Waals surface area contributed by atoms with E-state index in [0.29, 0.717) is 11.7 Å². The zero-order chi connectivity index (χ0) is 14.8. The minimum Gasteiger partial charge on any atom is -0.383 e. The highest BCUT2D eigenvalue weighted by Crippen LogP contribution is 2.34. The summed E-state index contributed by atoms with van der Waals surface area (Å²) in [5.74, 6) is 1.06. The predicted octanol–water partition coefficient (Wildman–Crippen LogP) is 3.93. The third kappa shape index (κ3) is 2.94. The molecule has 1 aliphatic rings. The Kier molecular flexibility index (Phi) is 3.95. The molecule has 0 amide bonds. The second kappa shape index (κ2) is 5.88.